The number of hydrogen-bond donors (Lipinski definition) is 1. The molecule has 0 saturated heterocycles. The summed E-state index contributed by atoms with van der Waals surface area (Å²) in [6.07, 6.45) is 1.09. The van der Waals surface area contributed by atoms with Crippen LogP contribution in [0.25, 0.3) is 11.3 Å². The predicted molar refractivity (Wildman–Crippen MR) is 81.6 cm³/mol. The highest BCUT2D eigenvalue weighted by Crippen LogP contribution is 2.28. The molecule has 0 heterocycles. The Kier molecular flexibility index (Phi) is 4.86. The number of nitrogens with zero attached hydrogens (tertiary/aromatic N) is 2. The van der Waals surface area contributed by atoms with E-state index in [2.05, 4.69) is 0 Å². The molecule has 0 saturated carbocycles. The van der Waals surface area contributed by atoms with E-state index in [-0.39, 0.29) is 16.7 Å². The number of rotatable bonds is 3. The number of aliphatic hydroxyl groups excluding tert-OH is 1. The SMILES string of the molecule is N#C/C=C(/C(C#N)=C(/O)c1ccc(F)cc1)c1ccc(F)cc1. The highest BCUT2D eigenvalue weighted by molar-refractivity contribution is 5.91. The van der Waals surface area contributed by atoms with Gasteiger partial charge in [-0.05, 0) is 42.0 Å². The average Bonchev–Trinajstić information content (AvgIpc) is 2.56. The monoisotopic (exact) mass is 308 g/mol. The van der Waals surface area contributed by atoms with Gasteiger partial charge in [-0.3, -0.25) is 0 Å². The van der Waals surface area contributed by atoms with Gasteiger partial charge in [-0.15, -0.1) is 0 Å². The summed E-state index contributed by atoms with van der Waals surface area (Å²) in [5.41, 5.74) is 0.619. The number of halogens is 2. The van der Waals surface area contributed by atoms with Crippen molar-refractivity contribution in [1.29, 1.82) is 10.5 Å². The van der Waals surface area contributed by atoms with E-state index in [4.69, 9.17) is 5.26 Å². The van der Waals surface area contributed by atoms with Gasteiger partial charge in [-0.25, -0.2) is 8.78 Å². The second-order valence-electron chi connectivity index (χ2n) is 4.54. The van der Waals surface area contributed by atoms with Gasteiger partial charge in [0.1, 0.15) is 29.0 Å². The van der Waals surface area contributed by atoms with Gasteiger partial charge in [-0.2, -0.15) is 10.5 Å². The number of nitriles is 2. The third-order valence-corrected chi connectivity index (χ3v) is 3.10. The van der Waals surface area contributed by atoms with Gasteiger partial charge < -0.3 is 5.11 Å². The molecule has 0 atom stereocenters. The standard InChI is InChI=1S/C18H10F2N2O/c19-14-5-1-12(2-6-14)16(9-10-21)17(11-22)18(23)13-3-7-15(20)8-4-13/h1-9,23H/b16-9+,18-17+. The van der Waals surface area contributed by atoms with Crippen molar-refractivity contribution in [1.82, 2.24) is 0 Å². The van der Waals surface area contributed by atoms with Crippen LogP contribution < -0.4 is 0 Å². The van der Waals surface area contributed by atoms with E-state index in [9.17, 15) is 19.1 Å². The first-order valence-corrected chi connectivity index (χ1v) is 6.52. The van der Waals surface area contributed by atoms with Crippen molar-refractivity contribution in [3.63, 3.8) is 0 Å². The van der Waals surface area contributed by atoms with E-state index in [1.165, 1.54) is 36.4 Å². The number of aliphatic hydroxyl groups is 1. The van der Waals surface area contributed by atoms with Crippen molar-refractivity contribution in [3.8, 4) is 12.1 Å². The van der Waals surface area contributed by atoms with Crippen LogP contribution in [0.3, 0.4) is 0 Å². The van der Waals surface area contributed by atoms with Crippen LogP contribution in [-0.2, 0) is 0 Å². The van der Waals surface area contributed by atoms with Crippen LogP contribution >= 0.6 is 0 Å². The van der Waals surface area contributed by atoms with Crippen molar-refractivity contribution in [3.05, 3.63) is 82.9 Å². The first kappa shape index (κ1) is 15.9. The lowest BCUT2D eigenvalue weighted by atomic mass is 9.95. The topological polar surface area (TPSA) is 67.8 Å². The van der Waals surface area contributed by atoms with Crippen LogP contribution in [0.15, 0.2) is 60.2 Å². The molecular formula is C18H10F2N2O. The Hall–Kier alpha value is -3.44. The van der Waals surface area contributed by atoms with Crippen LogP contribution in [0.1, 0.15) is 11.1 Å². The van der Waals surface area contributed by atoms with Gasteiger partial charge in [-0.1, -0.05) is 12.1 Å². The lowest BCUT2D eigenvalue weighted by molar-refractivity contribution is 0.509. The predicted octanol–water partition coefficient (Wildman–Crippen LogP) is 4.36. The third-order valence-electron chi connectivity index (χ3n) is 3.10. The molecule has 0 aliphatic heterocycles. The Labute approximate surface area is 131 Å². The quantitative estimate of drug-likeness (QED) is 0.520. The molecule has 5 heteroatoms. The average molecular weight is 308 g/mol. The molecule has 0 spiro atoms. The zero-order chi connectivity index (χ0) is 16.8. The molecule has 112 valence electrons. The second kappa shape index (κ2) is 7.02. The maximum atomic E-state index is 13.0. The van der Waals surface area contributed by atoms with Crippen LogP contribution in [0.4, 0.5) is 8.78 Å². The van der Waals surface area contributed by atoms with Crippen LogP contribution in [0.2, 0.25) is 0 Å². The summed E-state index contributed by atoms with van der Waals surface area (Å²) < 4.78 is 26.0. The Morgan fingerprint density at radius 2 is 1.35 bits per heavy atom. The Balaban J connectivity index is 2.60. The summed E-state index contributed by atoms with van der Waals surface area (Å²) in [5, 5.41) is 28.6. The first-order valence-electron chi connectivity index (χ1n) is 6.52. The number of hydrogen-bond acceptors (Lipinski definition) is 3. The molecule has 0 bridgehead atoms. The normalized spacial score (nSPS) is 12.1. The summed E-state index contributed by atoms with van der Waals surface area (Å²) in [7, 11) is 0. The highest BCUT2D eigenvalue weighted by Gasteiger charge is 2.15. The fraction of sp³-hybridized carbons (Fsp3) is 0. The summed E-state index contributed by atoms with van der Waals surface area (Å²) in [6, 6.07) is 13.7. The minimum absolute atomic E-state index is 0.150. The minimum Gasteiger partial charge on any atom is -0.506 e. The molecule has 0 amide bonds. The fourth-order valence-corrected chi connectivity index (χ4v) is 1.99. The zero-order valence-electron chi connectivity index (χ0n) is 11.8. The van der Waals surface area contributed by atoms with E-state index in [0.717, 1.165) is 18.2 Å². The Bertz CT molecular complexity index is 852. The summed E-state index contributed by atoms with van der Waals surface area (Å²) in [5.74, 6) is -1.33. The van der Waals surface area contributed by atoms with Crippen molar-refractivity contribution >= 4 is 11.3 Å². The molecule has 0 aromatic heterocycles. The van der Waals surface area contributed by atoms with Gasteiger partial charge in [0.15, 0.2) is 0 Å². The minimum atomic E-state index is -0.480. The van der Waals surface area contributed by atoms with Crippen molar-refractivity contribution in [2.24, 2.45) is 0 Å². The van der Waals surface area contributed by atoms with E-state index < -0.39 is 17.4 Å². The first-order chi connectivity index (χ1) is 11.1. The van der Waals surface area contributed by atoms with Gasteiger partial charge in [0.05, 0.1) is 6.07 Å². The molecule has 0 unspecified atom stereocenters. The molecule has 23 heavy (non-hydrogen) atoms. The lowest BCUT2D eigenvalue weighted by Gasteiger charge is -2.09. The van der Waals surface area contributed by atoms with E-state index in [0.29, 0.717) is 5.56 Å². The molecule has 0 aliphatic rings. The van der Waals surface area contributed by atoms with Gasteiger partial charge >= 0.3 is 0 Å². The van der Waals surface area contributed by atoms with Crippen molar-refractivity contribution in [2.75, 3.05) is 0 Å². The molecule has 2 aromatic carbocycles. The smallest absolute Gasteiger partial charge is 0.141 e. The molecule has 2 rings (SSSR count). The number of allylic oxidation sites excluding steroid dienone is 3. The summed E-state index contributed by atoms with van der Waals surface area (Å²) in [4.78, 5) is 0. The van der Waals surface area contributed by atoms with Crippen LogP contribution in [-0.4, -0.2) is 5.11 Å². The maximum Gasteiger partial charge on any atom is 0.141 e. The maximum absolute atomic E-state index is 13.0. The molecule has 0 aliphatic carbocycles. The van der Waals surface area contributed by atoms with Gasteiger partial charge in [0.25, 0.3) is 0 Å². The van der Waals surface area contributed by atoms with Crippen LogP contribution in [0.5, 0.6) is 0 Å². The van der Waals surface area contributed by atoms with Crippen molar-refractivity contribution < 1.29 is 13.9 Å². The highest BCUT2D eigenvalue weighted by atomic mass is 19.1. The summed E-state index contributed by atoms with van der Waals surface area (Å²) in [6.45, 7) is 0. The lowest BCUT2D eigenvalue weighted by Crippen LogP contribution is -1.95. The molecule has 0 radical (unpaired) electrons. The Morgan fingerprint density at radius 1 is 0.870 bits per heavy atom. The zero-order valence-corrected chi connectivity index (χ0v) is 11.8. The largest absolute Gasteiger partial charge is 0.506 e. The van der Waals surface area contributed by atoms with Gasteiger partial charge in [0, 0.05) is 17.2 Å². The van der Waals surface area contributed by atoms with E-state index >= 15 is 0 Å². The molecule has 2 aromatic rings. The molecule has 3 nitrogen and oxygen atoms in total. The molecule has 1 N–H and O–H groups in total. The Morgan fingerprint density at radius 3 is 1.78 bits per heavy atom. The second-order valence-corrected chi connectivity index (χ2v) is 4.54. The summed E-state index contributed by atoms with van der Waals surface area (Å²) >= 11 is 0. The van der Waals surface area contributed by atoms with E-state index in [1.54, 1.807) is 6.07 Å². The third kappa shape index (κ3) is 3.61. The molecular weight excluding hydrogens is 298 g/mol. The fourth-order valence-electron chi connectivity index (χ4n) is 1.99. The van der Waals surface area contributed by atoms with Crippen molar-refractivity contribution in [2.45, 2.75) is 0 Å². The number of benzene rings is 2. The molecule has 0 fully saturated rings. The van der Waals surface area contributed by atoms with E-state index in [1.807, 2.05) is 6.07 Å². The van der Waals surface area contributed by atoms with Crippen LogP contribution in [0, 0.1) is 34.3 Å². The van der Waals surface area contributed by atoms with Gasteiger partial charge in [0.2, 0.25) is 0 Å².